The molecule has 1 atom stereocenters. The lowest BCUT2D eigenvalue weighted by Gasteiger charge is -2.40. The molecule has 1 aromatic carbocycles. The van der Waals surface area contributed by atoms with Crippen LogP contribution in [-0.2, 0) is 26.1 Å². The number of rotatable bonds is 4. The number of hydrogen-bond acceptors (Lipinski definition) is 4. The van der Waals surface area contributed by atoms with E-state index in [1.807, 2.05) is 33.8 Å². The predicted molar refractivity (Wildman–Crippen MR) is 118 cm³/mol. The van der Waals surface area contributed by atoms with E-state index in [0.717, 1.165) is 17.5 Å². The third kappa shape index (κ3) is 4.02. The highest BCUT2D eigenvalue weighted by Gasteiger charge is 2.44. The van der Waals surface area contributed by atoms with Crippen LogP contribution in [0.2, 0.25) is 0 Å². The van der Waals surface area contributed by atoms with Gasteiger partial charge in [-0.3, -0.25) is 4.79 Å². The van der Waals surface area contributed by atoms with Crippen LogP contribution in [0.4, 0.5) is 4.39 Å². The summed E-state index contributed by atoms with van der Waals surface area (Å²) < 4.78 is 27.4. The maximum absolute atomic E-state index is 14.1. The molecular formula is C25H28FN3O3. The van der Waals surface area contributed by atoms with Crippen LogP contribution in [0, 0.1) is 11.7 Å². The average molecular weight is 438 g/mol. The van der Waals surface area contributed by atoms with Crippen molar-refractivity contribution in [3.8, 4) is 0 Å². The molecule has 2 fully saturated rings. The first-order valence-electron chi connectivity index (χ1n) is 11.3. The van der Waals surface area contributed by atoms with E-state index in [2.05, 4.69) is 11.2 Å². The zero-order valence-electron chi connectivity index (χ0n) is 18.1. The number of carbonyl (C=O) groups is 1. The summed E-state index contributed by atoms with van der Waals surface area (Å²) in [7, 11) is 0. The average Bonchev–Trinajstić information content (AvgIpc) is 3.19. The topological polar surface area (TPSA) is 56.1 Å². The summed E-state index contributed by atoms with van der Waals surface area (Å²) in [5, 5.41) is 4.32. The lowest BCUT2D eigenvalue weighted by molar-refractivity contribution is -0.141. The van der Waals surface area contributed by atoms with Gasteiger partial charge in [-0.2, -0.15) is 5.10 Å². The van der Waals surface area contributed by atoms with Crippen LogP contribution < -0.4 is 0 Å². The highest BCUT2D eigenvalue weighted by Crippen LogP contribution is 2.37. The third-order valence-electron chi connectivity index (χ3n) is 6.79. The molecule has 6 nitrogen and oxygen atoms in total. The molecule has 0 saturated carbocycles. The van der Waals surface area contributed by atoms with E-state index in [1.54, 1.807) is 12.3 Å². The van der Waals surface area contributed by atoms with Gasteiger partial charge in [-0.05, 0) is 54.7 Å². The van der Waals surface area contributed by atoms with Gasteiger partial charge in [0.1, 0.15) is 5.82 Å². The van der Waals surface area contributed by atoms with Crippen LogP contribution in [0.15, 0.2) is 54.9 Å². The van der Waals surface area contributed by atoms with Crippen LogP contribution in [0.1, 0.15) is 24.0 Å². The van der Waals surface area contributed by atoms with Crippen LogP contribution in [0.3, 0.4) is 0 Å². The van der Waals surface area contributed by atoms with Gasteiger partial charge in [0.15, 0.2) is 0 Å². The molecule has 3 aromatic rings. The van der Waals surface area contributed by atoms with Crippen molar-refractivity contribution >= 4 is 11.4 Å². The molecule has 168 valence electrons. The second-order valence-electron chi connectivity index (χ2n) is 8.80. The van der Waals surface area contributed by atoms with Gasteiger partial charge < -0.3 is 14.4 Å². The number of amides is 1. The molecule has 5 rings (SSSR count). The molecule has 1 amide bonds. The molecule has 0 spiro atoms. The zero-order valence-corrected chi connectivity index (χ0v) is 18.1. The van der Waals surface area contributed by atoms with Gasteiger partial charge in [0.25, 0.3) is 0 Å². The van der Waals surface area contributed by atoms with E-state index >= 15 is 0 Å². The van der Waals surface area contributed by atoms with Crippen molar-refractivity contribution in [3.63, 3.8) is 0 Å². The van der Waals surface area contributed by atoms with Crippen molar-refractivity contribution in [2.45, 2.75) is 24.7 Å². The largest absolute Gasteiger partial charge is 0.381 e. The van der Waals surface area contributed by atoms with Crippen LogP contribution >= 0.6 is 0 Å². The van der Waals surface area contributed by atoms with Gasteiger partial charge in [-0.25, -0.2) is 8.91 Å². The van der Waals surface area contributed by atoms with Crippen molar-refractivity contribution in [1.82, 2.24) is 14.5 Å². The van der Waals surface area contributed by atoms with Crippen LogP contribution in [-0.4, -0.2) is 59.9 Å². The highest BCUT2D eigenvalue weighted by atomic mass is 19.1. The Morgan fingerprint density at radius 1 is 1.12 bits per heavy atom. The minimum atomic E-state index is -0.749. The van der Waals surface area contributed by atoms with Gasteiger partial charge in [0.2, 0.25) is 5.91 Å². The van der Waals surface area contributed by atoms with Crippen LogP contribution in [0.5, 0.6) is 0 Å². The van der Waals surface area contributed by atoms with Crippen molar-refractivity contribution in [2.24, 2.45) is 5.92 Å². The fourth-order valence-electron chi connectivity index (χ4n) is 5.12. The zero-order chi connectivity index (χ0) is 22.0. The molecular weight excluding hydrogens is 409 g/mol. The van der Waals surface area contributed by atoms with Gasteiger partial charge >= 0.3 is 0 Å². The summed E-state index contributed by atoms with van der Waals surface area (Å²) in [4.78, 5) is 15.9. The minimum Gasteiger partial charge on any atom is -0.381 e. The molecule has 1 unspecified atom stereocenters. The Balaban J connectivity index is 1.40. The molecule has 4 heterocycles. The summed E-state index contributed by atoms with van der Waals surface area (Å²) in [5.74, 6) is -0.0800. The fraction of sp³-hybridized carbons (Fsp3) is 0.440. The lowest BCUT2D eigenvalue weighted by atomic mass is 9.72. The number of carbonyl (C=O) groups excluding carboxylic acids is 1. The molecule has 2 aliphatic heterocycles. The van der Waals surface area contributed by atoms with Crippen molar-refractivity contribution < 1.29 is 18.7 Å². The number of nitrogens with zero attached hydrogens (tertiary/aromatic N) is 3. The normalized spacial score (nSPS) is 21.4. The quantitative estimate of drug-likeness (QED) is 0.629. The maximum atomic E-state index is 14.1. The number of hydrogen-bond donors (Lipinski definition) is 0. The number of halogens is 1. The monoisotopic (exact) mass is 437 g/mol. The Kier molecular flexibility index (Phi) is 5.93. The number of ether oxygens (including phenoxy) is 2. The number of aromatic nitrogens is 2. The van der Waals surface area contributed by atoms with E-state index in [9.17, 15) is 9.18 Å². The smallest absolute Gasteiger partial charge is 0.233 e. The Bertz CT molecular complexity index is 1090. The Hall–Kier alpha value is -2.77. The Labute approximate surface area is 186 Å². The first-order valence-corrected chi connectivity index (χ1v) is 11.3. The van der Waals surface area contributed by atoms with Gasteiger partial charge in [-0.1, -0.05) is 18.2 Å². The molecule has 7 heteroatoms. The second kappa shape index (κ2) is 9.00. The molecule has 32 heavy (non-hydrogen) atoms. The first kappa shape index (κ1) is 21.1. The van der Waals surface area contributed by atoms with Gasteiger partial charge in [0, 0.05) is 44.6 Å². The van der Waals surface area contributed by atoms with Crippen molar-refractivity contribution in [2.75, 3.05) is 39.5 Å². The highest BCUT2D eigenvalue weighted by molar-refractivity contribution is 5.88. The van der Waals surface area contributed by atoms with Gasteiger partial charge in [0.05, 0.1) is 24.1 Å². The molecule has 0 radical (unpaired) electrons. The van der Waals surface area contributed by atoms with E-state index in [4.69, 9.17) is 9.47 Å². The third-order valence-corrected chi connectivity index (χ3v) is 6.79. The molecule has 2 aliphatic rings. The minimum absolute atomic E-state index is 0.0597. The molecule has 0 aliphatic carbocycles. The Morgan fingerprint density at radius 2 is 2.00 bits per heavy atom. The van der Waals surface area contributed by atoms with E-state index in [-0.39, 0.29) is 17.6 Å². The summed E-state index contributed by atoms with van der Waals surface area (Å²) in [6.07, 6.45) is 5.66. The maximum Gasteiger partial charge on any atom is 0.233 e. The summed E-state index contributed by atoms with van der Waals surface area (Å²) in [6.45, 7) is 3.28. The molecule has 0 bridgehead atoms. The SMILES string of the molecule is O=C(N1CCOCC(Cc2cccn3nccc23)C1)C1(c2cccc(F)c2)CCOCC1. The van der Waals surface area contributed by atoms with Crippen molar-refractivity contribution in [1.29, 1.82) is 0 Å². The number of benzene rings is 1. The van der Waals surface area contributed by atoms with E-state index < -0.39 is 5.41 Å². The number of fused-ring (bicyclic) bond motifs is 1. The standard InChI is InChI=1S/C25H28FN3O3/c26-22-5-1-4-21(16-22)25(7-12-31-13-8-25)24(30)28-11-14-32-18-19(17-28)15-20-3-2-10-29-23(20)6-9-27-29/h1-6,9-10,16,19H,7-8,11-15,17-18H2. The summed E-state index contributed by atoms with van der Waals surface area (Å²) in [6, 6.07) is 12.6. The molecule has 2 aromatic heterocycles. The molecule has 2 saturated heterocycles. The number of pyridine rings is 1. The molecule has 0 N–H and O–H groups in total. The second-order valence-corrected chi connectivity index (χ2v) is 8.80. The summed E-state index contributed by atoms with van der Waals surface area (Å²) >= 11 is 0. The predicted octanol–water partition coefficient (Wildman–Crippen LogP) is 3.24. The first-order chi connectivity index (χ1) is 15.7. The fourth-order valence-corrected chi connectivity index (χ4v) is 5.12. The van der Waals surface area contributed by atoms with Crippen LogP contribution in [0.25, 0.3) is 5.52 Å². The lowest BCUT2D eigenvalue weighted by Crippen LogP contribution is -2.51. The van der Waals surface area contributed by atoms with Gasteiger partial charge in [-0.15, -0.1) is 0 Å². The van der Waals surface area contributed by atoms with Crippen molar-refractivity contribution in [3.05, 3.63) is 71.8 Å². The van der Waals surface area contributed by atoms with E-state index in [0.29, 0.717) is 52.4 Å². The summed E-state index contributed by atoms with van der Waals surface area (Å²) in [5.41, 5.74) is 2.27. The Morgan fingerprint density at radius 3 is 2.84 bits per heavy atom. The van der Waals surface area contributed by atoms with E-state index in [1.165, 1.54) is 17.7 Å².